The van der Waals surface area contributed by atoms with Gasteiger partial charge >= 0.3 is 5.97 Å². The maximum atomic E-state index is 13.1. The Labute approximate surface area is 171 Å². The number of methoxy groups -OCH3 is 1. The Morgan fingerprint density at radius 2 is 2.03 bits per heavy atom. The third kappa shape index (κ3) is 3.81. The number of carbonyl (C=O) groups excluding carboxylic acids is 2. The van der Waals surface area contributed by atoms with Gasteiger partial charge in [0.05, 0.1) is 12.7 Å². The molecule has 1 aliphatic rings. The number of benzene rings is 1. The van der Waals surface area contributed by atoms with Crippen LogP contribution < -0.4 is 4.90 Å². The number of hydrogen-bond acceptors (Lipinski definition) is 4. The molecule has 6 nitrogen and oxygen atoms in total. The molecule has 0 N–H and O–H groups in total. The zero-order valence-corrected chi connectivity index (χ0v) is 17.3. The molecule has 2 aromatic rings. The van der Waals surface area contributed by atoms with E-state index in [1.807, 2.05) is 19.9 Å². The van der Waals surface area contributed by atoms with Crippen molar-refractivity contribution in [2.45, 2.75) is 40.2 Å². The van der Waals surface area contributed by atoms with Gasteiger partial charge in [0.1, 0.15) is 11.6 Å². The number of aryl methyl sites for hydroxylation is 1. The minimum Gasteiger partial charge on any atom is -0.465 e. The van der Waals surface area contributed by atoms with Crippen molar-refractivity contribution in [2.24, 2.45) is 0 Å². The Morgan fingerprint density at radius 3 is 2.69 bits per heavy atom. The summed E-state index contributed by atoms with van der Waals surface area (Å²) in [6.07, 6.45) is 3.33. The van der Waals surface area contributed by atoms with Crippen molar-refractivity contribution in [1.82, 2.24) is 4.57 Å². The summed E-state index contributed by atoms with van der Waals surface area (Å²) in [5.74, 6) is -0.727. The van der Waals surface area contributed by atoms with Crippen LogP contribution in [0.15, 0.2) is 29.8 Å². The number of fused-ring (bicyclic) bond motifs is 1. The highest BCUT2D eigenvalue weighted by atomic mass is 16.5. The fourth-order valence-electron chi connectivity index (χ4n) is 3.84. The lowest BCUT2D eigenvalue weighted by Crippen LogP contribution is -2.29. The molecule has 0 spiro atoms. The van der Waals surface area contributed by atoms with E-state index in [2.05, 4.69) is 17.6 Å². The first kappa shape index (κ1) is 20.4. The second kappa shape index (κ2) is 8.36. The van der Waals surface area contributed by atoms with E-state index in [1.54, 1.807) is 29.2 Å². The van der Waals surface area contributed by atoms with E-state index in [0.29, 0.717) is 18.5 Å². The lowest BCUT2D eigenvalue weighted by molar-refractivity contribution is -0.114. The van der Waals surface area contributed by atoms with Gasteiger partial charge in [0.15, 0.2) is 0 Å². The Hall–Kier alpha value is -3.33. The molecule has 1 aromatic carbocycles. The Bertz CT molecular complexity index is 1040. The standard InChI is InChI=1S/C23H25N3O3/c1-5-9-25-15(2)11-19(16(25)3)13-20(14-24)22(27)26-10-8-17-12-18(23(28)29-4)6-7-21(17)26/h6-7,11-13H,5,8-10H2,1-4H3/b20-13+. The van der Waals surface area contributed by atoms with Crippen LogP contribution in [0.2, 0.25) is 0 Å². The van der Waals surface area contributed by atoms with Crippen molar-refractivity contribution >= 4 is 23.6 Å². The number of anilines is 1. The fourth-order valence-corrected chi connectivity index (χ4v) is 3.84. The number of esters is 1. The van der Waals surface area contributed by atoms with Crippen molar-refractivity contribution in [3.05, 3.63) is 57.9 Å². The zero-order chi connectivity index (χ0) is 21.1. The van der Waals surface area contributed by atoms with Crippen molar-refractivity contribution in [1.29, 1.82) is 5.26 Å². The van der Waals surface area contributed by atoms with Gasteiger partial charge in [-0.3, -0.25) is 4.79 Å². The van der Waals surface area contributed by atoms with Gasteiger partial charge in [-0.2, -0.15) is 5.26 Å². The summed E-state index contributed by atoms with van der Waals surface area (Å²) in [6, 6.07) is 9.22. The van der Waals surface area contributed by atoms with E-state index in [9.17, 15) is 14.9 Å². The van der Waals surface area contributed by atoms with Crippen LogP contribution in [-0.2, 0) is 22.5 Å². The third-order valence-corrected chi connectivity index (χ3v) is 5.35. The van der Waals surface area contributed by atoms with Crippen LogP contribution in [0.4, 0.5) is 5.69 Å². The van der Waals surface area contributed by atoms with E-state index < -0.39 is 5.97 Å². The van der Waals surface area contributed by atoms with Crippen LogP contribution in [0.25, 0.3) is 6.08 Å². The summed E-state index contributed by atoms with van der Waals surface area (Å²) in [5, 5.41) is 9.65. The van der Waals surface area contributed by atoms with Crippen LogP contribution in [0, 0.1) is 25.2 Å². The van der Waals surface area contributed by atoms with E-state index >= 15 is 0 Å². The molecule has 0 radical (unpaired) electrons. The molecule has 1 amide bonds. The third-order valence-electron chi connectivity index (χ3n) is 5.35. The molecular weight excluding hydrogens is 366 g/mol. The molecule has 0 saturated heterocycles. The van der Waals surface area contributed by atoms with Crippen molar-refractivity contribution in [3.63, 3.8) is 0 Å². The predicted octanol–water partition coefficient (Wildman–Crippen LogP) is 3.80. The second-order valence-electron chi connectivity index (χ2n) is 7.19. The molecule has 2 heterocycles. The summed E-state index contributed by atoms with van der Waals surface area (Å²) < 4.78 is 6.96. The van der Waals surface area contributed by atoms with Crippen LogP contribution in [0.1, 0.15) is 46.2 Å². The molecular formula is C23H25N3O3. The predicted molar refractivity (Wildman–Crippen MR) is 112 cm³/mol. The summed E-state index contributed by atoms with van der Waals surface area (Å²) >= 11 is 0. The smallest absolute Gasteiger partial charge is 0.337 e. The first-order valence-corrected chi connectivity index (χ1v) is 9.72. The lowest BCUT2D eigenvalue weighted by atomic mass is 10.1. The molecule has 0 unspecified atom stereocenters. The van der Waals surface area contributed by atoms with Crippen LogP contribution in [-0.4, -0.2) is 30.1 Å². The number of carbonyl (C=O) groups is 2. The SMILES string of the molecule is CCCn1c(C)cc(/C=C(\C#N)C(=O)N2CCc3cc(C(=O)OC)ccc32)c1C. The topological polar surface area (TPSA) is 75.3 Å². The first-order chi connectivity index (χ1) is 13.9. The molecule has 1 aromatic heterocycles. The maximum absolute atomic E-state index is 13.1. The minimum atomic E-state index is -0.405. The Morgan fingerprint density at radius 1 is 1.28 bits per heavy atom. The number of ether oxygens (including phenoxy) is 1. The van der Waals surface area contributed by atoms with Gasteiger partial charge < -0.3 is 14.2 Å². The summed E-state index contributed by atoms with van der Waals surface area (Å²) in [4.78, 5) is 26.4. The molecule has 0 atom stereocenters. The number of nitrogens with zero attached hydrogens (tertiary/aromatic N) is 3. The number of rotatable bonds is 5. The highest BCUT2D eigenvalue weighted by Crippen LogP contribution is 2.31. The van der Waals surface area contributed by atoms with Crippen molar-refractivity contribution in [3.8, 4) is 6.07 Å². The fraction of sp³-hybridized carbons (Fsp3) is 0.348. The minimum absolute atomic E-state index is 0.103. The van der Waals surface area contributed by atoms with Crippen LogP contribution in [0.3, 0.4) is 0 Å². The van der Waals surface area contributed by atoms with Gasteiger partial charge in [0.2, 0.25) is 0 Å². The van der Waals surface area contributed by atoms with Gasteiger partial charge in [0, 0.05) is 30.2 Å². The van der Waals surface area contributed by atoms with Gasteiger partial charge in [-0.05, 0) is 68.2 Å². The Balaban J connectivity index is 1.91. The number of aromatic nitrogens is 1. The van der Waals surface area contributed by atoms with E-state index in [-0.39, 0.29) is 11.5 Å². The number of nitriles is 1. The monoisotopic (exact) mass is 391 g/mol. The van der Waals surface area contributed by atoms with Crippen LogP contribution in [0.5, 0.6) is 0 Å². The van der Waals surface area contributed by atoms with Gasteiger partial charge in [-0.1, -0.05) is 6.92 Å². The number of amides is 1. The molecule has 0 bridgehead atoms. The molecule has 3 rings (SSSR count). The highest BCUT2D eigenvalue weighted by molar-refractivity contribution is 6.12. The van der Waals surface area contributed by atoms with Crippen molar-refractivity contribution in [2.75, 3.05) is 18.6 Å². The summed E-state index contributed by atoms with van der Waals surface area (Å²) in [6.45, 7) is 7.54. The van der Waals surface area contributed by atoms with Gasteiger partial charge in [0.25, 0.3) is 5.91 Å². The highest BCUT2D eigenvalue weighted by Gasteiger charge is 2.28. The zero-order valence-electron chi connectivity index (χ0n) is 17.3. The quantitative estimate of drug-likeness (QED) is 0.441. The van der Waals surface area contributed by atoms with E-state index in [0.717, 1.165) is 41.2 Å². The first-order valence-electron chi connectivity index (χ1n) is 9.72. The normalized spacial score (nSPS) is 13.2. The Kier molecular flexibility index (Phi) is 5.88. The molecule has 6 heteroatoms. The molecule has 150 valence electrons. The van der Waals surface area contributed by atoms with Gasteiger partial charge in [-0.25, -0.2) is 4.79 Å². The molecule has 1 aliphatic heterocycles. The average Bonchev–Trinajstić information content (AvgIpc) is 3.26. The molecule has 0 fully saturated rings. The molecule has 0 saturated carbocycles. The number of hydrogen-bond donors (Lipinski definition) is 0. The van der Waals surface area contributed by atoms with Gasteiger partial charge in [-0.15, -0.1) is 0 Å². The van der Waals surface area contributed by atoms with Crippen molar-refractivity contribution < 1.29 is 14.3 Å². The summed E-state index contributed by atoms with van der Waals surface area (Å²) in [5.41, 5.74) is 5.25. The van der Waals surface area contributed by atoms with E-state index in [1.165, 1.54) is 7.11 Å². The summed E-state index contributed by atoms with van der Waals surface area (Å²) in [7, 11) is 1.34. The second-order valence-corrected chi connectivity index (χ2v) is 7.19. The molecule has 0 aliphatic carbocycles. The maximum Gasteiger partial charge on any atom is 0.337 e. The van der Waals surface area contributed by atoms with Crippen LogP contribution >= 0.6 is 0 Å². The lowest BCUT2D eigenvalue weighted by Gasteiger charge is -2.17. The molecule has 29 heavy (non-hydrogen) atoms. The van der Waals surface area contributed by atoms with E-state index in [4.69, 9.17) is 4.74 Å². The average molecular weight is 391 g/mol. The largest absolute Gasteiger partial charge is 0.465 e.